The molecule has 0 aromatic rings. The second-order valence-corrected chi connectivity index (χ2v) is 9.48. The molecule has 0 aliphatic carbocycles. The summed E-state index contributed by atoms with van der Waals surface area (Å²) in [6, 6.07) is 0. The quantitative estimate of drug-likeness (QED) is 0.0506. The van der Waals surface area contributed by atoms with E-state index in [-0.39, 0.29) is 42.4 Å². The molecule has 0 fully saturated rings. The van der Waals surface area contributed by atoms with Gasteiger partial charge < -0.3 is 23.9 Å². The van der Waals surface area contributed by atoms with Crippen LogP contribution in [0, 0.1) is 11.8 Å². The van der Waals surface area contributed by atoms with Crippen molar-refractivity contribution in [2.75, 3.05) is 0 Å². The van der Waals surface area contributed by atoms with Crippen molar-refractivity contribution in [2.45, 2.75) is 128 Å². The van der Waals surface area contributed by atoms with Gasteiger partial charge in [-0.15, -0.1) is 0 Å². The van der Waals surface area contributed by atoms with Crippen LogP contribution >= 0.6 is 0 Å². The van der Waals surface area contributed by atoms with Crippen LogP contribution in [0.4, 0.5) is 0 Å². The van der Waals surface area contributed by atoms with Crippen LogP contribution < -0.4 is 0 Å². The third-order valence-electron chi connectivity index (χ3n) is 6.26. The van der Waals surface area contributed by atoms with Crippen LogP contribution in [0.25, 0.3) is 0 Å². The summed E-state index contributed by atoms with van der Waals surface area (Å²) in [6.07, 6.45) is 19.8. The van der Waals surface area contributed by atoms with Gasteiger partial charge in [-0.25, -0.2) is 0 Å². The summed E-state index contributed by atoms with van der Waals surface area (Å²) < 4.78 is 4.85. The summed E-state index contributed by atoms with van der Waals surface area (Å²) in [6.45, 7) is 0. The number of esters is 2. The molecule has 0 aliphatic rings. The van der Waals surface area contributed by atoms with Crippen molar-refractivity contribution in [3.63, 3.8) is 0 Å². The molecule has 0 aliphatic heterocycles. The van der Waals surface area contributed by atoms with Gasteiger partial charge in [-0.3, -0.25) is 9.59 Å². The zero-order chi connectivity index (χ0) is 26.0. The number of unbranched alkanes of at least 4 members (excludes halogenated alkanes) is 14. The van der Waals surface area contributed by atoms with Crippen molar-refractivity contribution < 1.29 is 33.5 Å². The Morgan fingerprint density at radius 2 is 0.806 bits per heavy atom. The van der Waals surface area contributed by atoms with Crippen LogP contribution in [0.15, 0.2) is 0 Å². The van der Waals surface area contributed by atoms with Crippen molar-refractivity contribution in [1.29, 1.82) is 0 Å². The Morgan fingerprint density at radius 1 is 0.500 bits per heavy atom. The fourth-order valence-corrected chi connectivity index (χ4v) is 4.11. The summed E-state index contributed by atoms with van der Waals surface area (Å²) in [5.74, 6) is -2.32. The molecule has 36 heavy (non-hydrogen) atoms. The first-order valence-corrected chi connectivity index (χ1v) is 13.6. The van der Waals surface area contributed by atoms with Crippen LogP contribution in [-0.4, -0.2) is 66.6 Å². The Labute approximate surface area is 239 Å². The molecule has 0 aromatic carbocycles. The predicted octanol–water partition coefficient (Wildman–Crippen LogP) is 5.24. The average Bonchev–Trinajstić information content (AvgIpc) is 2.85. The van der Waals surface area contributed by atoms with E-state index in [0.717, 1.165) is 115 Å². The molecule has 0 amide bonds. The number of carbonyl (C=O) groups is 6. The average molecular weight is 519 g/mol. The summed E-state index contributed by atoms with van der Waals surface area (Å²) in [5, 5.41) is 0. The molecular formula is C28H47NaO7. The molecule has 202 valence electrons. The zero-order valence-electron chi connectivity index (χ0n) is 21.5. The number of ether oxygens (including phenoxy) is 1. The minimum absolute atomic E-state index is 0. The van der Waals surface area contributed by atoms with Crippen molar-refractivity contribution >= 4 is 66.6 Å². The Hall–Kier alpha value is -1.18. The van der Waals surface area contributed by atoms with E-state index in [2.05, 4.69) is 0 Å². The second-order valence-electron chi connectivity index (χ2n) is 9.48. The molecule has 0 aromatic heterocycles. The molecule has 0 radical (unpaired) electrons. The van der Waals surface area contributed by atoms with Crippen LogP contribution in [0.1, 0.15) is 128 Å². The molecule has 7 nitrogen and oxygen atoms in total. The van der Waals surface area contributed by atoms with Crippen LogP contribution in [0.3, 0.4) is 0 Å². The molecule has 0 bridgehead atoms. The van der Waals surface area contributed by atoms with Crippen molar-refractivity contribution in [1.82, 2.24) is 0 Å². The van der Waals surface area contributed by atoms with E-state index in [1.807, 2.05) is 0 Å². The maximum atomic E-state index is 12.0. The molecule has 0 spiro atoms. The van der Waals surface area contributed by atoms with Gasteiger partial charge in [0.05, 0.1) is 12.8 Å². The summed E-state index contributed by atoms with van der Waals surface area (Å²) in [5.41, 5.74) is 0. The van der Waals surface area contributed by atoms with Crippen molar-refractivity contribution in [2.24, 2.45) is 11.8 Å². The standard InChI is InChI=1S/C28H46O7.Na.H/c29-19-15-11-7-3-1-5-9-13-17-25(23-31)21-27(33)35-28(34)22-26(24-32)18-14-10-6-2-4-8-12-16-20-30;;/h19-20,23-26H,1-18,21-22H2;;. The van der Waals surface area contributed by atoms with Gasteiger partial charge >= 0.3 is 41.5 Å². The first-order valence-electron chi connectivity index (χ1n) is 13.6. The van der Waals surface area contributed by atoms with Crippen molar-refractivity contribution in [3.8, 4) is 0 Å². The van der Waals surface area contributed by atoms with Crippen molar-refractivity contribution in [3.05, 3.63) is 0 Å². The molecule has 0 rings (SSSR count). The summed E-state index contributed by atoms with van der Waals surface area (Å²) >= 11 is 0. The van der Waals surface area contributed by atoms with Gasteiger partial charge in [0, 0.05) is 24.7 Å². The van der Waals surface area contributed by atoms with Crippen LogP contribution in [0.2, 0.25) is 0 Å². The fraction of sp³-hybridized carbons (Fsp3) is 0.786. The molecule has 0 N–H and O–H groups in total. The molecule has 0 saturated heterocycles. The topological polar surface area (TPSA) is 112 Å². The van der Waals surface area contributed by atoms with E-state index < -0.39 is 23.8 Å². The molecular weight excluding hydrogens is 471 g/mol. The third-order valence-corrected chi connectivity index (χ3v) is 6.26. The zero-order valence-corrected chi connectivity index (χ0v) is 21.5. The molecule has 0 heterocycles. The van der Waals surface area contributed by atoms with E-state index in [0.29, 0.717) is 25.7 Å². The SMILES string of the molecule is O=CCCCCCCCCCC(C=O)CC(=O)OC(=O)CC(C=O)CCCCCCCCCC=O.[NaH]. The summed E-state index contributed by atoms with van der Waals surface area (Å²) in [7, 11) is 0. The van der Waals surface area contributed by atoms with E-state index in [9.17, 15) is 28.8 Å². The number of hydrogen-bond donors (Lipinski definition) is 0. The van der Waals surface area contributed by atoms with E-state index in [1.54, 1.807) is 0 Å². The summed E-state index contributed by atoms with van der Waals surface area (Å²) in [4.78, 5) is 67.2. The number of rotatable bonds is 26. The second kappa shape index (κ2) is 28.4. The van der Waals surface area contributed by atoms with Gasteiger partial charge in [0.15, 0.2) is 0 Å². The van der Waals surface area contributed by atoms with Gasteiger partial charge in [-0.05, 0) is 25.7 Å². The molecule has 2 atom stereocenters. The van der Waals surface area contributed by atoms with Gasteiger partial charge in [-0.1, -0.05) is 77.0 Å². The van der Waals surface area contributed by atoms with E-state index >= 15 is 0 Å². The minimum atomic E-state index is -0.707. The Morgan fingerprint density at radius 3 is 1.11 bits per heavy atom. The predicted molar refractivity (Wildman–Crippen MR) is 142 cm³/mol. The van der Waals surface area contributed by atoms with E-state index in [4.69, 9.17) is 4.74 Å². The first kappa shape index (κ1) is 37.0. The molecule has 0 saturated carbocycles. The van der Waals surface area contributed by atoms with Crippen LogP contribution in [-0.2, 0) is 33.5 Å². The first-order chi connectivity index (χ1) is 17.1. The van der Waals surface area contributed by atoms with E-state index in [1.165, 1.54) is 0 Å². The molecule has 2 unspecified atom stereocenters. The van der Waals surface area contributed by atoms with Gasteiger partial charge in [0.2, 0.25) is 0 Å². The molecule has 8 heteroatoms. The van der Waals surface area contributed by atoms with Gasteiger partial charge in [-0.2, -0.15) is 0 Å². The van der Waals surface area contributed by atoms with Crippen LogP contribution in [0.5, 0.6) is 0 Å². The third kappa shape index (κ3) is 24.5. The Balaban J connectivity index is 0. The Bertz CT molecular complexity index is 544. The number of hydrogen-bond acceptors (Lipinski definition) is 7. The fourth-order valence-electron chi connectivity index (χ4n) is 4.11. The maximum absolute atomic E-state index is 12.0. The normalized spacial score (nSPS) is 12.1. The monoisotopic (exact) mass is 518 g/mol. The number of carbonyl (C=O) groups excluding carboxylic acids is 6. The Kier molecular flexibility index (Phi) is 29.2. The van der Waals surface area contributed by atoms with Gasteiger partial charge in [0.25, 0.3) is 0 Å². The number of aldehydes is 4. The van der Waals surface area contributed by atoms with Gasteiger partial charge in [0.1, 0.15) is 25.1 Å².